The van der Waals surface area contributed by atoms with Gasteiger partial charge >= 0.3 is 104 Å². The summed E-state index contributed by atoms with van der Waals surface area (Å²) in [5.41, 5.74) is 5.62. The Labute approximate surface area is 104 Å². The Balaban J connectivity index is 2.89. The summed E-state index contributed by atoms with van der Waals surface area (Å²) in [7, 11) is 0. The number of allylic oxidation sites excluding steroid dienone is 8. The molecule has 0 nitrogen and oxygen atoms in total. The molecule has 0 saturated heterocycles. The van der Waals surface area contributed by atoms with E-state index in [2.05, 4.69) is 64.2 Å². The molecule has 0 aromatic rings. The molecule has 0 atom stereocenters. The van der Waals surface area contributed by atoms with Crippen molar-refractivity contribution in [3.63, 3.8) is 0 Å². The third-order valence-electron chi connectivity index (χ3n) is 2.42. The van der Waals surface area contributed by atoms with Gasteiger partial charge in [0, 0.05) is 0 Å². The fourth-order valence-corrected chi connectivity index (χ4v) is 2.61. The summed E-state index contributed by atoms with van der Waals surface area (Å²) >= 11 is 2.76. The van der Waals surface area contributed by atoms with Gasteiger partial charge in [0.1, 0.15) is 0 Å². The zero-order valence-electron chi connectivity index (χ0n) is 10.00. The van der Waals surface area contributed by atoms with Crippen molar-refractivity contribution in [3.05, 3.63) is 44.7 Å². The third kappa shape index (κ3) is 3.57. The van der Waals surface area contributed by atoms with Gasteiger partial charge in [0.2, 0.25) is 0 Å². The van der Waals surface area contributed by atoms with Crippen molar-refractivity contribution < 1.29 is 18.3 Å². The van der Waals surface area contributed by atoms with Crippen molar-refractivity contribution in [3.8, 4) is 0 Å². The molecule has 1 rings (SSSR count). The van der Waals surface area contributed by atoms with Crippen LogP contribution in [0.2, 0.25) is 0 Å². The monoisotopic (exact) mass is 289 g/mol. The van der Waals surface area contributed by atoms with Crippen LogP contribution >= 0.6 is 0 Å². The fourth-order valence-electron chi connectivity index (χ4n) is 1.88. The summed E-state index contributed by atoms with van der Waals surface area (Å²) < 4.78 is 1.47. The molecular formula is C14H19Ru. The molecule has 0 aromatic carbocycles. The molecule has 0 spiro atoms. The quantitative estimate of drug-likeness (QED) is 0.532. The summed E-state index contributed by atoms with van der Waals surface area (Å²) in [6.45, 7) is 8.67. The molecule has 0 heterocycles. The van der Waals surface area contributed by atoms with Gasteiger partial charge in [-0.05, 0) is 0 Å². The van der Waals surface area contributed by atoms with Gasteiger partial charge in [-0.15, -0.1) is 0 Å². The standard InChI is InChI=1S/C14H19.Ru/c1-5-13-7-6-8-14(13)10-12(4)9-11(2)3;/h8-10H,5-6H2,1-4H3;. The van der Waals surface area contributed by atoms with E-state index >= 15 is 0 Å². The zero-order valence-corrected chi connectivity index (χ0v) is 11.7. The van der Waals surface area contributed by atoms with Crippen molar-refractivity contribution in [2.75, 3.05) is 0 Å². The molecule has 0 fully saturated rings. The second-order valence-corrected chi connectivity index (χ2v) is 5.24. The van der Waals surface area contributed by atoms with Crippen LogP contribution in [0.1, 0.15) is 40.5 Å². The molecule has 15 heavy (non-hydrogen) atoms. The van der Waals surface area contributed by atoms with Gasteiger partial charge in [-0.25, -0.2) is 0 Å². The normalized spacial score (nSPS) is 16.9. The van der Waals surface area contributed by atoms with Gasteiger partial charge in [-0.1, -0.05) is 0 Å². The van der Waals surface area contributed by atoms with E-state index in [-0.39, 0.29) is 0 Å². The third-order valence-corrected chi connectivity index (χ3v) is 3.30. The minimum atomic E-state index is 1.10. The Hall–Kier alpha value is -0.417. The first-order valence-corrected chi connectivity index (χ1v) is 6.31. The van der Waals surface area contributed by atoms with E-state index in [1.807, 2.05) is 0 Å². The maximum atomic E-state index is 2.76. The van der Waals surface area contributed by atoms with E-state index in [4.69, 9.17) is 0 Å². The van der Waals surface area contributed by atoms with E-state index in [9.17, 15) is 0 Å². The molecule has 1 aliphatic carbocycles. The topological polar surface area (TPSA) is 0 Å². The average molecular weight is 288 g/mol. The predicted molar refractivity (Wildman–Crippen MR) is 63.2 cm³/mol. The van der Waals surface area contributed by atoms with Crippen LogP contribution < -0.4 is 0 Å². The Bertz CT molecular complexity index is 361. The molecule has 0 unspecified atom stereocenters. The van der Waals surface area contributed by atoms with Crippen LogP contribution in [0, 0.1) is 0 Å². The van der Waals surface area contributed by atoms with Gasteiger partial charge < -0.3 is 0 Å². The van der Waals surface area contributed by atoms with Crippen molar-refractivity contribution in [2.45, 2.75) is 40.5 Å². The van der Waals surface area contributed by atoms with Crippen molar-refractivity contribution >= 4 is 0 Å². The first-order valence-electron chi connectivity index (χ1n) is 5.44. The molecule has 0 radical (unpaired) electrons. The van der Waals surface area contributed by atoms with Crippen molar-refractivity contribution in [1.82, 2.24) is 0 Å². The first kappa shape index (κ1) is 12.7. The maximum absolute atomic E-state index is 2.76. The van der Waals surface area contributed by atoms with E-state index in [1.165, 1.54) is 26.5 Å². The second kappa shape index (κ2) is 5.61. The van der Waals surface area contributed by atoms with Crippen LogP contribution in [-0.4, -0.2) is 0 Å². The fraction of sp³-hybridized carbons (Fsp3) is 0.429. The van der Waals surface area contributed by atoms with Crippen molar-refractivity contribution in [1.29, 1.82) is 0 Å². The molecule has 0 amide bonds. The number of hydrogen-bond acceptors (Lipinski definition) is 0. The summed E-state index contributed by atoms with van der Waals surface area (Å²) in [6.07, 6.45) is 9.09. The molecule has 83 valence electrons. The van der Waals surface area contributed by atoms with Gasteiger partial charge in [0.25, 0.3) is 0 Å². The zero-order chi connectivity index (χ0) is 11.4. The molecule has 0 aromatic heterocycles. The average Bonchev–Trinajstić information content (AvgIpc) is 2.45. The van der Waals surface area contributed by atoms with Crippen LogP contribution in [0.25, 0.3) is 0 Å². The second-order valence-electron chi connectivity index (χ2n) is 4.20. The Morgan fingerprint density at radius 2 is 2.07 bits per heavy atom. The van der Waals surface area contributed by atoms with Crippen LogP contribution in [0.4, 0.5) is 0 Å². The summed E-state index contributed by atoms with van der Waals surface area (Å²) in [5.74, 6) is 0. The van der Waals surface area contributed by atoms with Crippen molar-refractivity contribution in [2.24, 2.45) is 0 Å². The van der Waals surface area contributed by atoms with Crippen LogP contribution in [0.15, 0.2) is 44.7 Å². The Morgan fingerprint density at radius 3 is 2.60 bits per heavy atom. The van der Waals surface area contributed by atoms with Gasteiger partial charge in [-0.2, -0.15) is 0 Å². The van der Waals surface area contributed by atoms with E-state index in [0.29, 0.717) is 0 Å². The van der Waals surface area contributed by atoms with Crippen LogP contribution in [-0.2, 0) is 18.3 Å². The molecule has 0 bridgehead atoms. The van der Waals surface area contributed by atoms with Gasteiger partial charge in [0.05, 0.1) is 0 Å². The summed E-state index contributed by atoms with van der Waals surface area (Å²) in [6, 6.07) is 0. The van der Waals surface area contributed by atoms with Crippen LogP contribution in [0.5, 0.6) is 0 Å². The van der Waals surface area contributed by atoms with E-state index in [1.54, 1.807) is 0 Å². The first-order chi connectivity index (χ1) is 7.04. The van der Waals surface area contributed by atoms with E-state index < -0.39 is 0 Å². The van der Waals surface area contributed by atoms with E-state index in [0.717, 1.165) is 12.8 Å². The Morgan fingerprint density at radius 1 is 1.40 bits per heavy atom. The molecular weight excluding hydrogens is 269 g/mol. The molecule has 0 saturated carbocycles. The SMILES string of the molecule is CCC1=[C]([Ru])CC=C1C=C(C)C=C(C)C. The number of hydrogen-bond donors (Lipinski definition) is 0. The van der Waals surface area contributed by atoms with Gasteiger partial charge in [-0.3, -0.25) is 0 Å². The number of rotatable bonds is 3. The molecule has 1 aliphatic rings. The minimum absolute atomic E-state index is 1.10. The van der Waals surface area contributed by atoms with Crippen LogP contribution in [0.3, 0.4) is 0 Å². The van der Waals surface area contributed by atoms with Gasteiger partial charge in [0.15, 0.2) is 0 Å². The predicted octanol–water partition coefficient (Wildman–Crippen LogP) is 4.44. The molecule has 1 heteroatoms. The summed E-state index contributed by atoms with van der Waals surface area (Å²) in [4.78, 5) is 0. The molecule has 0 aliphatic heterocycles. The summed E-state index contributed by atoms with van der Waals surface area (Å²) in [5, 5.41) is 0. The Kier molecular flexibility index (Phi) is 4.73. The molecule has 0 N–H and O–H groups in total.